The van der Waals surface area contributed by atoms with Gasteiger partial charge in [-0.1, -0.05) is 30.3 Å². The lowest BCUT2D eigenvalue weighted by Crippen LogP contribution is -2.36. The van der Waals surface area contributed by atoms with Crippen LogP contribution in [0.2, 0.25) is 0 Å². The summed E-state index contributed by atoms with van der Waals surface area (Å²) in [5, 5.41) is 14.5. The number of amides is 2. The lowest BCUT2D eigenvalue weighted by Gasteiger charge is -2.15. The van der Waals surface area contributed by atoms with Crippen LogP contribution in [0.25, 0.3) is 0 Å². The van der Waals surface area contributed by atoms with Crippen molar-refractivity contribution in [2.75, 3.05) is 11.9 Å². The summed E-state index contributed by atoms with van der Waals surface area (Å²) >= 11 is 0. The van der Waals surface area contributed by atoms with Crippen LogP contribution in [0.3, 0.4) is 0 Å². The van der Waals surface area contributed by atoms with E-state index < -0.39 is 0 Å². The van der Waals surface area contributed by atoms with E-state index in [9.17, 15) is 4.79 Å². The smallest absolute Gasteiger partial charge is 0.319 e. The molecule has 25 heavy (non-hydrogen) atoms. The third-order valence-electron chi connectivity index (χ3n) is 3.87. The Morgan fingerprint density at radius 1 is 1.20 bits per heavy atom. The van der Waals surface area contributed by atoms with Crippen LogP contribution in [-0.2, 0) is 6.61 Å². The summed E-state index contributed by atoms with van der Waals surface area (Å²) in [6.07, 6.45) is 1.42. The van der Waals surface area contributed by atoms with Gasteiger partial charge in [0.25, 0.3) is 0 Å². The Morgan fingerprint density at radius 3 is 2.64 bits per heavy atom. The molecule has 0 aliphatic heterocycles. The molecule has 5 nitrogen and oxygen atoms in total. The van der Waals surface area contributed by atoms with Gasteiger partial charge in [-0.25, -0.2) is 4.79 Å². The molecule has 1 atom stereocenters. The molecule has 0 saturated carbocycles. The first-order valence-electron chi connectivity index (χ1n) is 8.54. The summed E-state index contributed by atoms with van der Waals surface area (Å²) < 4.78 is 5.79. The summed E-state index contributed by atoms with van der Waals surface area (Å²) in [5.41, 5.74) is 2.79. The van der Waals surface area contributed by atoms with Crippen molar-refractivity contribution in [2.45, 2.75) is 39.3 Å². The van der Waals surface area contributed by atoms with Crippen LogP contribution >= 0.6 is 0 Å². The van der Waals surface area contributed by atoms with E-state index in [4.69, 9.17) is 9.84 Å². The first kappa shape index (κ1) is 18.8. The molecule has 5 heteroatoms. The van der Waals surface area contributed by atoms with Crippen molar-refractivity contribution >= 4 is 11.7 Å². The van der Waals surface area contributed by atoms with Crippen LogP contribution in [0.4, 0.5) is 10.5 Å². The molecule has 0 aliphatic rings. The van der Waals surface area contributed by atoms with E-state index in [0.29, 0.717) is 13.0 Å². The van der Waals surface area contributed by atoms with Gasteiger partial charge in [0, 0.05) is 18.3 Å². The topological polar surface area (TPSA) is 70.6 Å². The Hall–Kier alpha value is -2.53. The van der Waals surface area contributed by atoms with Crippen molar-refractivity contribution in [3.8, 4) is 5.75 Å². The summed E-state index contributed by atoms with van der Waals surface area (Å²) in [6.45, 7) is 4.50. The molecule has 2 amide bonds. The van der Waals surface area contributed by atoms with Crippen LogP contribution in [0.5, 0.6) is 5.75 Å². The number of aliphatic hydroxyl groups is 1. The SMILES string of the molecule is Cc1cc(OCc2ccccc2)ccc1NC(=O)NC(C)CCCO. The van der Waals surface area contributed by atoms with E-state index in [2.05, 4.69) is 10.6 Å². The molecular weight excluding hydrogens is 316 g/mol. The Labute approximate surface area is 149 Å². The van der Waals surface area contributed by atoms with Crippen molar-refractivity contribution in [1.82, 2.24) is 5.32 Å². The zero-order chi connectivity index (χ0) is 18.1. The second-order valence-electron chi connectivity index (χ2n) is 6.12. The first-order valence-corrected chi connectivity index (χ1v) is 8.54. The van der Waals surface area contributed by atoms with Gasteiger partial charge >= 0.3 is 6.03 Å². The Bertz CT molecular complexity index is 674. The lowest BCUT2D eigenvalue weighted by atomic mass is 10.2. The zero-order valence-electron chi connectivity index (χ0n) is 14.8. The lowest BCUT2D eigenvalue weighted by molar-refractivity contribution is 0.245. The predicted octanol–water partition coefficient (Wildman–Crippen LogP) is 3.86. The highest BCUT2D eigenvalue weighted by atomic mass is 16.5. The van der Waals surface area contributed by atoms with Gasteiger partial charge in [-0.2, -0.15) is 0 Å². The molecule has 2 aromatic carbocycles. The van der Waals surface area contributed by atoms with Crippen LogP contribution in [-0.4, -0.2) is 23.8 Å². The number of nitrogens with one attached hydrogen (secondary N) is 2. The number of ether oxygens (including phenoxy) is 1. The van der Waals surface area contributed by atoms with Gasteiger partial charge in [-0.15, -0.1) is 0 Å². The van der Waals surface area contributed by atoms with Gasteiger partial charge < -0.3 is 20.5 Å². The van der Waals surface area contributed by atoms with Gasteiger partial charge in [-0.05, 0) is 56.0 Å². The number of aryl methyl sites for hydroxylation is 1. The van der Waals surface area contributed by atoms with Crippen molar-refractivity contribution in [1.29, 1.82) is 0 Å². The van der Waals surface area contributed by atoms with Gasteiger partial charge in [0.2, 0.25) is 0 Å². The predicted molar refractivity (Wildman–Crippen MR) is 99.9 cm³/mol. The molecule has 2 aromatic rings. The molecule has 0 spiro atoms. The molecule has 134 valence electrons. The summed E-state index contributed by atoms with van der Waals surface area (Å²) in [5.74, 6) is 0.767. The number of benzene rings is 2. The van der Waals surface area contributed by atoms with E-state index in [1.165, 1.54) is 0 Å². The maximum atomic E-state index is 12.0. The highest BCUT2D eigenvalue weighted by Gasteiger charge is 2.09. The molecule has 3 N–H and O–H groups in total. The van der Waals surface area contributed by atoms with Crippen LogP contribution < -0.4 is 15.4 Å². The average Bonchev–Trinajstić information content (AvgIpc) is 2.61. The fraction of sp³-hybridized carbons (Fsp3) is 0.350. The highest BCUT2D eigenvalue weighted by molar-refractivity contribution is 5.90. The molecule has 0 aromatic heterocycles. The van der Waals surface area contributed by atoms with Crippen LogP contribution in [0.15, 0.2) is 48.5 Å². The fourth-order valence-corrected chi connectivity index (χ4v) is 2.46. The molecule has 1 unspecified atom stereocenters. The maximum Gasteiger partial charge on any atom is 0.319 e. The molecular formula is C20H26N2O3. The third kappa shape index (κ3) is 6.47. The quantitative estimate of drug-likeness (QED) is 0.682. The Balaban J connectivity index is 1.87. The van der Waals surface area contributed by atoms with Crippen molar-refractivity contribution in [2.24, 2.45) is 0 Å². The summed E-state index contributed by atoms with van der Waals surface area (Å²) in [4.78, 5) is 12.0. The molecule has 0 radical (unpaired) electrons. The number of hydrogen-bond acceptors (Lipinski definition) is 3. The standard InChI is InChI=1S/C20H26N2O3/c1-15-13-18(25-14-17-8-4-3-5-9-17)10-11-19(15)22-20(24)21-16(2)7-6-12-23/h3-5,8-11,13,16,23H,6-7,12,14H2,1-2H3,(H2,21,22,24). The van der Waals surface area contributed by atoms with Gasteiger partial charge in [-0.3, -0.25) is 0 Å². The normalized spacial score (nSPS) is 11.6. The third-order valence-corrected chi connectivity index (χ3v) is 3.87. The molecule has 0 bridgehead atoms. The molecule has 0 saturated heterocycles. The first-order chi connectivity index (χ1) is 12.1. The minimum atomic E-state index is -0.244. The molecule has 2 rings (SSSR count). The number of carbonyl (C=O) groups is 1. The average molecular weight is 342 g/mol. The van der Waals surface area contributed by atoms with E-state index in [0.717, 1.165) is 29.0 Å². The molecule has 0 fully saturated rings. The van der Waals surface area contributed by atoms with E-state index in [1.54, 1.807) is 0 Å². The number of carbonyl (C=O) groups excluding carboxylic acids is 1. The number of hydrogen-bond donors (Lipinski definition) is 3. The second-order valence-corrected chi connectivity index (χ2v) is 6.12. The van der Waals surface area contributed by atoms with E-state index in [1.807, 2.05) is 62.4 Å². The number of urea groups is 1. The Kier molecular flexibility index (Phi) is 7.29. The van der Waals surface area contributed by atoms with Gasteiger partial charge in [0.05, 0.1) is 0 Å². The van der Waals surface area contributed by atoms with E-state index in [-0.39, 0.29) is 18.7 Å². The minimum absolute atomic E-state index is 0.0148. The van der Waals surface area contributed by atoms with Gasteiger partial charge in [0.15, 0.2) is 0 Å². The van der Waals surface area contributed by atoms with Crippen LogP contribution in [0, 0.1) is 6.92 Å². The number of aliphatic hydroxyl groups excluding tert-OH is 1. The Morgan fingerprint density at radius 2 is 1.96 bits per heavy atom. The molecule has 0 aliphatic carbocycles. The summed E-state index contributed by atoms with van der Waals surface area (Å²) in [6, 6.07) is 15.4. The largest absolute Gasteiger partial charge is 0.489 e. The zero-order valence-corrected chi connectivity index (χ0v) is 14.8. The summed E-state index contributed by atoms with van der Waals surface area (Å²) in [7, 11) is 0. The van der Waals surface area contributed by atoms with Crippen LogP contribution in [0.1, 0.15) is 30.9 Å². The monoisotopic (exact) mass is 342 g/mol. The van der Waals surface area contributed by atoms with E-state index >= 15 is 0 Å². The highest BCUT2D eigenvalue weighted by Crippen LogP contribution is 2.22. The maximum absolute atomic E-state index is 12.0. The fourth-order valence-electron chi connectivity index (χ4n) is 2.46. The second kappa shape index (κ2) is 9.69. The minimum Gasteiger partial charge on any atom is -0.489 e. The van der Waals surface area contributed by atoms with Crippen molar-refractivity contribution in [3.63, 3.8) is 0 Å². The molecule has 0 heterocycles. The number of anilines is 1. The number of rotatable bonds is 8. The van der Waals surface area contributed by atoms with Crippen molar-refractivity contribution < 1.29 is 14.6 Å². The van der Waals surface area contributed by atoms with Gasteiger partial charge in [0.1, 0.15) is 12.4 Å². The van der Waals surface area contributed by atoms with Crippen molar-refractivity contribution in [3.05, 3.63) is 59.7 Å².